The van der Waals surface area contributed by atoms with E-state index in [1.165, 1.54) is 0 Å². The van der Waals surface area contributed by atoms with E-state index in [1.807, 2.05) is 23.1 Å². The molecule has 0 aliphatic carbocycles. The van der Waals surface area contributed by atoms with Gasteiger partial charge in [0.2, 0.25) is 17.7 Å². The number of pyridine rings is 1. The number of amides is 3. The molecule has 7 heteroatoms. The maximum atomic E-state index is 12.4. The van der Waals surface area contributed by atoms with Gasteiger partial charge in [-0.2, -0.15) is 0 Å². The highest BCUT2D eigenvalue weighted by molar-refractivity contribution is 5.89. The molecule has 0 bridgehead atoms. The number of aromatic nitrogens is 1. The Kier molecular flexibility index (Phi) is 6.79. The van der Waals surface area contributed by atoms with Crippen LogP contribution in [0.25, 0.3) is 0 Å². The topological polar surface area (TPSA) is 82.6 Å². The molecule has 146 valence electrons. The first-order valence-corrected chi connectivity index (χ1v) is 9.86. The molecule has 2 aliphatic rings. The lowest BCUT2D eigenvalue weighted by Gasteiger charge is -2.20. The van der Waals surface area contributed by atoms with Crippen LogP contribution in [0.2, 0.25) is 0 Å². The van der Waals surface area contributed by atoms with Gasteiger partial charge < -0.3 is 15.1 Å². The van der Waals surface area contributed by atoms with Crippen molar-refractivity contribution in [1.82, 2.24) is 20.1 Å². The molecule has 0 unspecified atom stereocenters. The Morgan fingerprint density at radius 1 is 1.15 bits per heavy atom. The summed E-state index contributed by atoms with van der Waals surface area (Å²) in [5.41, 5.74) is 0.828. The van der Waals surface area contributed by atoms with E-state index >= 15 is 0 Å². The normalized spacial score (nSPS) is 20.7. The monoisotopic (exact) mass is 372 g/mol. The lowest BCUT2D eigenvalue weighted by atomic mass is 10.1. The minimum Gasteiger partial charge on any atom is -0.356 e. The minimum absolute atomic E-state index is 0.00373. The van der Waals surface area contributed by atoms with Crippen LogP contribution in [0, 0.1) is 5.92 Å². The summed E-state index contributed by atoms with van der Waals surface area (Å²) in [6, 6.07) is 5.61. The van der Waals surface area contributed by atoms with Crippen LogP contribution in [0.15, 0.2) is 24.4 Å². The van der Waals surface area contributed by atoms with Crippen molar-refractivity contribution in [3.05, 3.63) is 30.1 Å². The van der Waals surface area contributed by atoms with Gasteiger partial charge in [-0.3, -0.25) is 19.4 Å². The fraction of sp³-hybridized carbons (Fsp3) is 0.600. The lowest BCUT2D eigenvalue weighted by Crippen LogP contribution is -2.36. The van der Waals surface area contributed by atoms with Gasteiger partial charge in [0.15, 0.2) is 0 Å². The molecule has 1 aromatic heterocycles. The second kappa shape index (κ2) is 9.48. The van der Waals surface area contributed by atoms with Gasteiger partial charge >= 0.3 is 0 Å². The molecule has 2 fully saturated rings. The molecular weight excluding hydrogens is 344 g/mol. The van der Waals surface area contributed by atoms with Crippen LogP contribution in [0.4, 0.5) is 0 Å². The summed E-state index contributed by atoms with van der Waals surface area (Å²) in [7, 11) is 0. The first-order valence-electron chi connectivity index (χ1n) is 9.86. The molecule has 0 radical (unpaired) electrons. The van der Waals surface area contributed by atoms with Crippen LogP contribution < -0.4 is 5.32 Å². The number of hydrogen-bond acceptors (Lipinski definition) is 4. The fourth-order valence-electron chi connectivity index (χ4n) is 3.69. The standard InChI is InChI=1S/C20H28N4O3/c25-18-8-2-1-5-11-23(18)12-6-10-22-20(27)16-13-19(26)24(14-16)15-17-7-3-4-9-21-17/h3-4,7,9,16H,1-2,5-6,8,10-15H2,(H,22,27)/t16-/m0/s1. The van der Waals surface area contributed by atoms with Crippen LogP contribution in [0.5, 0.6) is 0 Å². The molecular formula is C20H28N4O3. The SMILES string of the molecule is O=C(NCCCN1CCCCCC1=O)[C@H]1CC(=O)N(Cc2ccccn2)C1. The predicted molar refractivity (Wildman–Crippen MR) is 100 cm³/mol. The van der Waals surface area contributed by atoms with Gasteiger partial charge in [-0.05, 0) is 31.4 Å². The molecule has 3 rings (SSSR count). The Morgan fingerprint density at radius 3 is 2.85 bits per heavy atom. The Morgan fingerprint density at radius 2 is 2.04 bits per heavy atom. The molecule has 1 N–H and O–H groups in total. The van der Waals surface area contributed by atoms with Crippen molar-refractivity contribution < 1.29 is 14.4 Å². The average molecular weight is 372 g/mol. The zero-order valence-corrected chi connectivity index (χ0v) is 15.7. The van der Waals surface area contributed by atoms with Gasteiger partial charge in [0.1, 0.15) is 0 Å². The third-order valence-corrected chi connectivity index (χ3v) is 5.24. The smallest absolute Gasteiger partial charge is 0.225 e. The highest BCUT2D eigenvalue weighted by Crippen LogP contribution is 2.20. The van der Waals surface area contributed by atoms with Crippen molar-refractivity contribution in [2.45, 2.75) is 45.1 Å². The van der Waals surface area contributed by atoms with Crippen molar-refractivity contribution in [1.29, 1.82) is 0 Å². The third-order valence-electron chi connectivity index (χ3n) is 5.24. The van der Waals surface area contributed by atoms with Gasteiger partial charge in [-0.1, -0.05) is 12.5 Å². The summed E-state index contributed by atoms with van der Waals surface area (Å²) >= 11 is 0. The Bertz CT molecular complexity index is 664. The number of rotatable bonds is 7. The van der Waals surface area contributed by atoms with Crippen molar-refractivity contribution >= 4 is 17.7 Å². The van der Waals surface area contributed by atoms with Crippen molar-refractivity contribution in [2.75, 3.05) is 26.2 Å². The number of nitrogens with one attached hydrogen (secondary N) is 1. The average Bonchev–Trinajstić information content (AvgIpc) is 2.91. The van der Waals surface area contributed by atoms with E-state index in [0.29, 0.717) is 32.6 Å². The lowest BCUT2D eigenvalue weighted by molar-refractivity contribution is -0.131. The Balaban J connectivity index is 1.38. The van der Waals surface area contributed by atoms with Crippen molar-refractivity contribution in [2.24, 2.45) is 5.92 Å². The Hall–Kier alpha value is -2.44. The van der Waals surface area contributed by atoms with E-state index in [0.717, 1.165) is 37.9 Å². The maximum absolute atomic E-state index is 12.4. The summed E-state index contributed by atoms with van der Waals surface area (Å²) in [5.74, 6) is -0.156. The third kappa shape index (κ3) is 5.52. The zero-order chi connectivity index (χ0) is 19.1. The van der Waals surface area contributed by atoms with Gasteiger partial charge in [0.25, 0.3) is 0 Å². The summed E-state index contributed by atoms with van der Waals surface area (Å²) in [4.78, 5) is 44.4. The van der Waals surface area contributed by atoms with E-state index in [-0.39, 0.29) is 30.1 Å². The second-order valence-corrected chi connectivity index (χ2v) is 7.33. The van der Waals surface area contributed by atoms with E-state index in [1.54, 1.807) is 11.1 Å². The number of carbonyl (C=O) groups is 3. The van der Waals surface area contributed by atoms with Gasteiger partial charge in [-0.25, -0.2) is 0 Å². The van der Waals surface area contributed by atoms with Crippen molar-refractivity contribution in [3.8, 4) is 0 Å². The van der Waals surface area contributed by atoms with Crippen LogP contribution >= 0.6 is 0 Å². The van der Waals surface area contributed by atoms with Gasteiger partial charge in [-0.15, -0.1) is 0 Å². The highest BCUT2D eigenvalue weighted by Gasteiger charge is 2.34. The molecule has 1 aromatic rings. The maximum Gasteiger partial charge on any atom is 0.225 e. The Labute approximate surface area is 160 Å². The molecule has 2 saturated heterocycles. The predicted octanol–water partition coefficient (Wildman–Crippen LogP) is 1.34. The summed E-state index contributed by atoms with van der Waals surface area (Å²) < 4.78 is 0. The molecule has 0 aromatic carbocycles. The molecule has 7 nitrogen and oxygen atoms in total. The van der Waals surface area contributed by atoms with E-state index < -0.39 is 0 Å². The molecule has 27 heavy (non-hydrogen) atoms. The fourth-order valence-corrected chi connectivity index (χ4v) is 3.69. The quantitative estimate of drug-likeness (QED) is 0.732. The molecule has 3 amide bonds. The number of hydrogen-bond donors (Lipinski definition) is 1. The summed E-state index contributed by atoms with van der Waals surface area (Å²) in [5, 5.41) is 2.93. The van der Waals surface area contributed by atoms with Crippen LogP contribution in [0.3, 0.4) is 0 Å². The van der Waals surface area contributed by atoms with E-state index in [4.69, 9.17) is 0 Å². The first-order chi connectivity index (χ1) is 13.1. The van der Waals surface area contributed by atoms with Crippen molar-refractivity contribution in [3.63, 3.8) is 0 Å². The molecule has 1 atom stereocenters. The molecule has 0 saturated carbocycles. The molecule has 0 spiro atoms. The summed E-state index contributed by atoms with van der Waals surface area (Å²) in [6.07, 6.45) is 6.51. The largest absolute Gasteiger partial charge is 0.356 e. The minimum atomic E-state index is -0.305. The number of nitrogens with zero attached hydrogens (tertiary/aromatic N) is 3. The number of carbonyl (C=O) groups excluding carboxylic acids is 3. The second-order valence-electron chi connectivity index (χ2n) is 7.33. The highest BCUT2D eigenvalue weighted by atomic mass is 16.2. The molecule has 2 aliphatic heterocycles. The van der Waals surface area contributed by atoms with Gasteiger partial charge in [0, 0.05) is 45.2 Å². The molecule has 3 heterocycles. The van der Waals surface area contributed by atoms with E-state index in [2.05, 4.69) is 10.3 Å². The van der Waals surface area contributed by atoms with Crippen LogP contribution in [0.1, 0.15) is 44.2 Å². The first kappa shape index (κ1) is 19.3. The van der Waals surface area contributed by atoms with E-state index in [9.17, 15) is 14.4 Å². The van der Waals surface area contributed by atoms with Crippen LogP contribution in [-0.2, 0) is 20.9 Å². The zero-order valence-electron chi connectivity index (χ0n) is 15.7. The van der Waals surface area contributed by atoms with Crippen LogP contribution in [-0.4, -0.2) is 58.7 Å². The van der Waals surface area contributed by atoms with Gasteiger partial charge in [0.05, 0.1) is 18.2 Å². The number of likely N-dealkylation sites (tertiary alicyclic amines) is 2. The summed E-state index contributed by atoms with van der Waals surface area (Å²) in [6.45, 7) is 2.93.